The number of nitrogens with zero attached hydrogens (tertiary/aromatic N) is 3. The summed E-state index contributed by atoms with van der Waals surface area (Å²) in [6.45, 7) is 10.00. The Kier molecular flexibility index (Phi) is 11.4. The molecule has 176 valence electrons. The number of guanidine groups is 1. The van der Waals surface area contributed by atoms with E-state index in [0.29, 0.717) is 12.0 Å². The second-order valence-corrected chi connectivity index (χ2v) is 9.19. The Morgan fingerprint density at radius 3 is 2.58 bits per heavy atom. The number of anilines is 1. The minimum Gasteiger partial charge on any atom is -0.385 e. The number of rotatable bonds is 9. The van der Waals surface area contributed by atoms with Crippen molar-refractivity contribution in [1.82, 2.24) is 15.6 Å². The van der Waals surface area contributed by atoms with Crippen molar-refractivity contribution in [3.8, 4) is 0 Å². The molecular formula is C24H42IN5O. The highest BCUT2D eigenvalue weighted by molar-refractivity contribution is 14.0. The van der Waals surface area contributed by atoms with Gasteiger partial charge in [0.25, 0.3) is 0 Å². The third-order valence-corrected chi connectivity index (χ3v) is 6.81. The van der Waals surface area contributed by atoms with E-state index in [9.17, 15) is 0 Å². The van der Waals surface area contributed by atoms with Crippen LogP contribution in [0.25, 0.3) is 0 Å². The zero-order chi connectivity index (χ0) is 21.2. The van der Waals surface area contributed by atoms with Gasteiger partial charge in [-0.25, -0.2) is 9.98 Å². The van der Waals surface area contributed by atoms with Gasteiger partial charge in [-0.3, -0.25) is 0 Å². The van der Waals surface area contributed by atoms with E-state index in [1.807, 2.05) is 6.20 Å². The maximum absolute atomic E-state index is 5.36. The molecule has 0 amide bonds. The second-order valence-electron chi connectivity index (χ2n) is 9.19. The molecule has 1 saturated heterocycles. The summed E-state index contributed by atoms with van der Waals surface area (Å²) in [7, 11) is 1.80. The molecule has 0 unspecified atom stereocenters. The van der Waals surface area contributed by atoms with Gasteiger partial charge in [0.2, 0.25) is 0 Å². The molecule has 1 aromatic heterocycles. The molecular weight excluding hydrogens is 501 g/mol. The molecule has 31 heavy (non-hydrogen) atoms. The van der Waals surface area contributed by atoms with Crippen LogP contribution >= 0.6 is 24.0 Å². The van der Waals surface area contributed by atoms with Gasteiger partial charge in [0, 0.05) is 46.1 Å². The monoisotopic (exact) mass is 543 g/mol. The van der Waals surface area contributed by atoms with E-state index in [-0.39, 0.29) is 24.0 Å². The molecule has 2 fully saturated rings. The van der Waals surface area contributed by atoms with Gasteiger partial charge in [-0.05, 0) is 62.0 Å². The number of aromatic nitrogens is 1. The van der Waals surface area contributed by atoms with E-state index in [0.717, 1.165) is 62.5 Å². The molecule has 0 spiro atoms. The summed E-state index contributed by atoms with van der Waals surface area (Å²) in [5, 5.41) is 7.00. The number of nitrogens with one attached hydrogen (secondary N) is 2. The maximum atomic E-state index is 5.36. The van der Waals surface area contributed by atoms with Crippen LogP contribution < -0.4 is 15.5 Å². The molecule has 1 aliphatic carbocycles. The Hall–Kier alpha value is -1.09. The van der Waals surface area contributed by atoms with Gasteiger partial charge in [0.05, 0.1) is 6.54 Å². The quantitative estimate of drug-likeness (QED) is 0.271. The van der Waals surface area contributed by atoms with Crippen LogP contribution in [0.3, 0.4) is 0 Å². The molecule has 1 aromatic rings. The van der Waals surface area contributed by atoms with Gasteiger partial charge < -0.3 is 20.3 Å². The van der Waals surface area contributed by atoms with E-state index >= 15 is 0 Å². The zero-order valence-corrected chi connectivity index (χ0v) is 22.0. The summed E-state index contributed by atoms with van der Waals surface area (Å²) in [5.74, 6) is 2.83. The lowest BCUT2D eigenvalue weighted by Crippen LogP contribution is -2.43. The highest BCUT2D eigenvalue weighted by Gasteiger charge is 2.33. The van der Waals surface area contributed by atoms with Crippen molar-refractivity contribution >= 4 is 35.8 Å². The number of ether oxygens (including phenoxy) is 1. The Balaban J connectivity index is 0.00000341. The molecule has 0 bridgehead atoms. The van der Waals surface area contributed by atoms with Gasteiger partial charge in [0.15, 0.2) is 5.96 Å². The van der Waals surface area contributed by atoms with Crippen molar-refractivity contribution in [3.63, 3.8) is 0 Å². The Labute approximate surface area is 206 Å². The van der Waals surface area contributed by atoms with Crippen molar-refractivity contribution < 1.29 is 4.74 Å². The fourth-order valence-corrected chi connectivity index (χ4v) is 4.68. The molecule has 2 aliphatic rings. The third-order valence-electron chi connectivity index (χ3n) is 6.81. The van der Waals surface area contributed by atoms with Crippen molar-refractivity contribution in [2.24, 2.45) is 16.3 Å². The van der Waals surface area contributed by atoms with Gasteiger partial charge >= 0.3 is 0 Å². The standard InChI is InChI=1S/C24H41N5O.HI/c1-4-25-23(28-19-24(13-16-30-3)11-5-6-12-24)27-18-21-7-8-22(26-17-21)29-14-9-20(2)10-15-29;/h7-8,17,20H,4-6,9-16,18-19H2,1-3H3,(H2,25,27,28);1H. The predicted octanol–water partition coefficient (Wildman–Crippen LogP) is 4.59. The zero-order valence-electron chi connectivity index (χ0n) is 19.7. The van der Waals surface area contributed by atoms with Gasteiger partial charge in [-0.15, -0.1) is 24.0 Å². The topological polar surface area (TPSA) is 61.8 Å². The lowest BCUT2D eigenvalue weighted by atomic mass is 9.83. The lowest BCUT2D eigenvalue weighted by molar-refractivity contribution is 0.138. The predicted molar refractivity (Wildman–Crippen MR) is 140 cm³/mol. The van der Waals surface area contributed by atoms with Crippen LogP contribution in [-0.4, -0.2) is 50.8 Å². The van der Waals surface area contributed by atoms with E-state index in [2.05, 4.69) is 41.5 Å². The third kappa shape index (κ3) is 8.08. The van der Waals surface area contributed by atoms with E-state index in [1.165, 1.54) is 38.5 Å². The Morgan fingerprint density at radius 2 is 1.97 bits per heavy atom. The number of hydrogen-bond acceptors (Lipinski definition) is 4. The number of aliphatic imine (C=N–C) groups is 1. The minimum atomic E-state index is 0. The average molecular weight is 544 g/mol. The minimum absolute atomic E-state index is 0. The molecule has 1 saturated carbocycles. The van der Waals surface area contributed by atoms with Crippen molar-refractivity contribution in [2.75, 3.05) is 44.8 Å². The normalized spacial score (nSPS) is 19.2. The molecule has 3 rings (SSSR count). The number of pyridine rings is 1. The Morgan fingerprint density at radius 1 is 1.23 bits per heavy atom. The summed E-state index contributed by atoms with van der Waals surface area (Å²) in [5.41, 5.74) is 1.50. The summed E-state index contributed by atoms with van der Waals surface area (Å²) in [6.07, 6.45) is 10.8. The van der Waals surface area contributed by atoms with Gasteiger partial charge in [-0.1, -0.05) is 25.8 Å². The van der Waals surface area contributed by atoms with Crippen LogP contribution in [0.15, 0.2) is 23.3 Å². The first-order valence-corrected chi connectivity index (χ1v) is 11.8. The molecule has 0 atom stereocenters. The van der Waals surface area contributed by atoms with Crippen LogP contribution in [0.2, 0.25) is 0 Å². The summed E-state index contributed by atoms with van der Waals surface area (Å²) in [6, 6.07) is 4.32. The van der Waals surface area contributed by atoms with Crippen LogP contribution in [0.4, 0.5) is 5.82 Å². The van der Waals surface area contributed by atoms with E-state index < -0.39 is 0 Å². The molecule has 2 N–H and O–H groups in total. The number of halogens is 1. The second kappa shape index (κ2) is 13.5. The lowest BCUT2D eigenvalue weighted by Gasteiger charge is -2.31. The van der Waals surface area contributed by atoms with Gasteiger partial charge in [0.1, 0.15) is 5.82 Å². The SMILES string of the molecule is CCNC(=NCc1ccc(N2CCC(C)CC2)nc1)NCC1(CCOC)CCCC1.I. The highest BCUT2D eigenvalue weighted by Crippen LogP contribution is 2.40. The summed E-state index contributed by atoms with van der Waals surface area (Å²) < 4.78 is 5.36. The van der Waals surface area contributed by atoms with Crippen molar-refractivity contribution in [1.29, 1.82) is 0 Å². The fraction of sp³-hybridized carbons (Fsp3) is 0.750. The Bertz CT molecular complexity index is 652. The van der Waals surface area contributed by atoms with Crippen LogP contribution in [0.1, 0.15) is 64.4 Å². The van der Waals surface area contributed by atoms with Crippen LogP contribution in [-0.2, 0) is 11.3 Å². The molecule has 7 heteroatoms. The first-order valence-electron chi connectivity index (χ1n) is 11.8. The van der Waals surface area contributed by atoms with E-state index in [1.54, 1.807) is 7.11 Å². The number of methoxy groups -OCH3 is 1. The maximum Gasteiger partial charge on any atom is 0.191 e. The molecule has 2 heterocycles. The number of piperidine rings is 1. The van der Waals surface area contributed by atoms with Crippen LogP contribution in [0, 0.1) is 11.3 Å². The largest absolute Gasteiger partial charge is 0.385 e. The van der Waals surface area contributed by atoms with Gasteiger partial charge in [-0.2, -0.15) is 0 Å². The highest BCUT2D eigenvalue weighted by atomic mass is 127. The summed E-state index contributed by atoms with van der Waals surface area (Å²) >= 11 is 0. The molecule has 1 aliphatic heterocycles. The van der Waals surface area contributed by atoms with E-state index in [4.69, 9.17) is 14.7 Å². The van der Waals surface area contributed by atoms with Crippen molar-refractivity contribution in [3.05, 3.63) is 23.9 Å². The first-order chi connectivity index (χ1) is 14.6. The first kappa shape index (κ1) is 26.2. The molecule has 6 nitrogen and oxygen atoms in total. The number of hydrogen-bond donors (Lipinski definition) is 2. The van der Waals surface area contributed by atoms with Crippen molar-refractivity contribution in [2.45, 2.75) is 65.3 Å². The molecule has 0 radical (unpaired) electrons. The molecule has 0 aromatic carbocycles. The summed E-state index contributed by atoms with van der Waals surface area (Å²) in [4.78, 5) is 11.9. The smallest absolute Gasteiger partial charge is 0.191 e. The fourth-order valence-electron chi connectivity index (χ4n) is 4.68. The average Bonchev–Trinajstić information content (AvgIpc) is 3.24. The van der Waals surface area contributed by atoms with Crippen LogP contribution in [0.5, 0.6) is 0 Å².